The fourth-order valence-electron chi connectivity index (χ4n) is 0.949. The van der Waals surface area contributed by atoms with Gasteiger partial charge < -0.3 is 9.84 Å². The molecule has 3 nitrogen and oxygen atoms in total. The van der Waals surface area contributed by atoms with Gasteiger partial charge in [0.25, 0.3) is 0 Å². The Morgan fingerprint density at radius 1 is 1.62 bits per heavy atom. The summed E-state index contributed by atoms with van der Waals surface area (Å²) < 4.78 is 4.93. The first-order valence-corrected chi connectivity index (χ1v) is 3.99. The van der Waals surface area contributed by atoms with Gasteiger partial charge >= 0.3 is 0 Å². The van der Waals surface area contributed by atoms with E-state index < -0.39 is 6.10 Å². The van der Waals surface area contributed by atoms with Gasteiger partial charge in [-0.1, -0.05) is 12.6 Å². The van der Waals surface area contributed by atoms with Crippen molar-refractivity contribution < 1.29 is 9.84 Å². The summed E-state index contributed by atoms with van der Waals surface area (Å²) in [6, 6.07) is 5.25. The van der Waals surface area contributed by atoms with Crippen molar-refractivity contribution in [3.8, 4) is 5.88 Å². The van der Waals surface area contributed by atoms with Crippen molar-refractivity contribution in [3.63, 3.8) is 0 Å². The maximum Gasteiger partial charge on any atom is 0.213 e. The van der Waals surface area contributed by atoms with Crippen LogP contribution >= 0.6 is 0 Å². The molecule has 0 radical (unpaired) electrons. The van der Waals surface area contributed by atoms with E-state index >= 15 is 0 Å². The van der Waals surface area contributed by atoms with E-state index in [1.165, 1.54) is 0 Å². The van der Waals surface area contributed by atoms with Crippen LogP contribution in [0.5, 0.6) is 5.88 Å². The van der Waals surface area contributed by atoms with E-state index in [1.807, 2.05) is 0 Å². The molecule has 0 saturated heterocycles. The highest BCUT2D eigenvalue weighted by molar-refractivity contribution is 5.21. The number of aliphatic hydroxyl groups is 1. The number of methoxy groups -OCH3 is 1. The van der Waals surface area contributed by atoms with Gasteiger partial charge in [-0.05, 0) is 18.6 Å². The highest BCUT2D eigenvalue weighted by atomic mass is 16.5. The molecular weight excluding hydrogens is 166 g/mol. The van der Waals surface area contributed by atoms with Gasteiger partial charge in [-0.15, -0.1) is 0 Å². The second kappa shape index (κ2) is 4.05. The minimum Gasteiger partial charge on any atom is -0.481 e. The lowest BCUT2D eigenvalue weighted by Gasteiger charge is -2.09. The Hall–Kier alpha value is -1.35. The van der Waals surface area contributed by atoms with E-state index in [0.717, 1.165) is 0 Å². The largest absolute Gasteiger partial charge is 0.481 e. The minimum absolute atomic E-state index is 0.498. The SMILES string of the molecule is C=C(C)C(O)c1cccc(OC)n1. The van der Waals surface area contributed by atoms with Crippen molar-refractivity contribution in [1.82, 2.24) is 4.98 Å². The highest BCUT2D eigenvalue weighted by Gasteiger charge is 2.09. The van der Waals surface area contributed by atoms with Gasteiger partial charge in [-0.2, -0.15) is 0 Å². The summed E-state index contributed by atoms with van der Waals surface area (Å²) in [6.07, 6.45) is -0.713. The normalized spacial score (nSPS) is 12.2. The average Bonchev–Trinajstić information content (AvgIpc) is 2.16. The maximum absolute atomic E-state index is 9.60. The number of aliphatic hydroxyl groups excluding tert-OH is 1. The molecule has 0 aromatic carbocycles. The molecule has 0 amide bonds. The monoisotopic (exact) mass is 179 g/mol. The molecule has 1 N–H and O–H groups in total. The van der Waals surface area contributed by atoms with E-state index in [0.29, 0.717) is 17.1 Å². The molecule has 0 bridgehead atoms. The van der Waals surface area contributed by atoms with Crippen LogP contribution in [0.25, 0.3) is 0 Å². The number of pyridine rings is 1. The first-order chi connectivity index (χ1) is 6.15. The summed E-state index contributed by atoms with van der Waals surface area (Å²) >= 11 is 0. The van der Waals surface area contributed by atoms with Crippen molar-refractivity contribution in [1.29, 1.82) is 0 Å². The van der Waals surface area contributed by atoms with Crippen LogP contribution in [-0.2, 0) is 0 Å². The first kappa shape index (κ1) is 9.74. The van der Waals surface area contributed by atoms with Crippen molar-refractivity contribution in [2.45, 2.75) is 13.0 Å². The number of rotatable bonds is 3. The Morgan fingerprint density at radius 3 is 2.85 bits per heavy atom. The predicted molar refractivity (Wildman–Crippen MR) is 50.6 cm³/mol. The lowest BCUT2D eigenvalue weighted by molar-refractivity contribution is 0.210. The second-order valence-electron chi connectivity index (χ2n) is 2.85. The topological polar surface area (TPSA) is 42.4 Å². The zero-order valence-corrected chi connectivity index (χ0v) is 7.82. The molecule has 1 aromatic heterocycles. The summed E-state index contributed by atoms with van der Waals surface area (Å²) in [5, 5.41) is 9.60. The summed E-state index contributed by atoms with van der Waals surface area (Å²) in [5.74, 6) is 0.498. The molecule has 13 heavy (non-hydrogen) atoms. The molecule has 0 fully saturated rings. The van der Waals surface area contributed by atoms with Gasteiger partial charge in [0, 0.05) is 6.07 Å². The zero-order chi connectivity index (χ0) is 9.84. The van der Waals surface area contributed by atoms with Crippen LogP contribution in [0.1, 0.15) is 18.7 Å². The summed E-state index contributed by atoms with van der Waals surface area (Å²) in [5.41, 5.74) is 1.23. The summed E-state index contributed by atoms with van der Waals surface area (Å²) in [6.45, 7) is 5.41. The summed E-state index contributed by atoms with van der Waals surface area (Å²) in [7, 11) is 1.54. The highest BCUT2D eigenvalue weighted by Crippen LogP contribution is 2.19. The maximum atomic E-state index is 9.60. The number of hydrogen-bond acceptors (Lipinski definition) is 3. The molecule has 0 aliphatic heterocycles. The molecule has 1 unspecified atom stereocenters. The van der Waals surface area contributed by atoms with E-state index in [4.69, 9.17) is 4.74 Å². The molecule has 1 aromatic rings. The number of nitrogens with zero attached hydrogens (tertiary/aromatic N) is 1. The molecule has 70 valence electrons. The number of aromatic nitrogens is 1. The van der Waals surface area contributed by atoms with Crippen LogP contribution in [-0.4, -0.2) is 17.2 Å². The Morgan fingerprint density at radius 2 is 2.31 bits per heavy atom. The van der Waals surface area contributed by atoms with Crippen LogP contribution in [0.15, 0.2) is 30.4 Å². The van der Waals surface area contributed by atoms with Gasteiger partial charge in [0.05, 0.1) is 12.8 Å². The van der Waals surface area contributed by atoms with Crippen LogP contribution in [0, 0.1) is 0 Å². The van der Waals surface area contributed by atoms with Crippen LogP contribution in [0.2, 0.25) is 0 Å². The smallest absolute Gasteiger partial charge is 0.213 e. The lowest BCUT2D eigenvalue weighted by atomic mass is 10.1. The molecule has 1 rings (SSSR count). The van der Waals surface area contributed by atoms with Gasteiger partial charge in [0.2, 0.25) is 5.88 Å². The fourth-order valence-corrected chi connectivity index (χ4v) is 0.949. The van der Waals surface area contributed by atoms with Gasteiger partial charge in [0.15, 0.2) is 0 Å². The van der Waals surface area contributed by atoms with Crippen molar-refractivity contribution in [3.05, 3.63) is 36.0 Å². The van der Waals surface area contributed by atoms with E-state index in [9.17, 15) is 5.11 Å². The quantitative estimate of drug-likeness (QED) is 0.718. The Balaban J connectivity index is 2.94. The van der Waals surface area contributed by atoms with Crippen molar-refractivity contribution in [2.24, 2.45) is 0 Å². The van der Waals surface area contributed by atoms with Gasteiger partial charge in [-0.25, -0.2) is 4.98 Å². The molecule has 0 saturated carbocycles. The molecule has 0 aliphatic carbocycles. The Labute approximate surface area is 77.7 Å². The van der Waals surface area contributed by atoms with E-state index in [2.05, 4.69) is 11.6 Å². The third-order valence-electron chi connectivity index (χ3n) is 1.70. The lowest BCUT2D eigenvalue weighted by Crippen LogP contribution is -2.01. The third kappa shape index (κ3) is 2.29. The molecule has 1 atom stereocenters. The number of hydrogen-bond donors (Lipinski definition) is 1. The van der Waals surface area contributed by atoms with E-state index in [1.54, 1.807) is 32.2 Å². The molecule has 1 heterocycles. The van der Waals surface area contributed by atoms with Crippen LogP contribution in [0.3, 0.4) is 0 Å². The molecule has 3 heteroatoms. The standard InChI is InChI=1S/C10H13NO2/c1-7(2)10(12)8-5-4-6-9(11-8)13-3/h4-6,10,12H,1H2,2-3H3. The van der Waals surface area contributed by atoms with Gasteiger partial charge in [0.1, 0.15) is 6.10 Å². The van der Waals surface area contributed by atoms with Gasteiger partial charge in [-0.3, -0.25) is 0 Å². The fraction of sp³-hybridized carbons (Fsp3) is 0.300. The van der Waals surface area contributed by atoms with Crippen LogP contribution in [0.4, 0.5) is 0 Å². The number of ether oxygens (including phenoxy) is 1. The Bertz CT molecular complexity index is 310. The minimum atomic E-state index is -0.713. The van der Waals surface area contributed by atoms with Crippen LogP contribution < -0.4 is 4.74 Å². The summed E-state index contributed by atoms with van der Waals surface area (Å²) in [4.78, 5) is 4.08. The van der Waals surface area contributed by atoms with Crippen molar-refractivity contribution >= 4 is 0 Å². The zero-order valence-electron chi connectivity index (χ0n) is 7.82. The van der Waals surface area contributed by atoms with E-state index in [-0.39, 0.29) is 0 Å². The molecule has 0 spiro atoms. The molecular formula is C10H13NO2. The van der Waals surface area contributed by atoms with Crippen molar-refractivity contribution in [2.75, 3.05) is 7.11 Å². The average molecular weight is 179 g/mol. The third-order valence-corrected chi connectivity index (χ3v) is 1.70. The predicted octanol–water partition coefficient (Wildman–Crippen LogP) is 1.70. The Kier molecular flexibility index (Phi) is 3.03. The molecule has 0 aliphatic rings. The first-order valence-electron chi connectivity index (χ1n) is 3.99. The second-order valence-corrected chi connectivity index (χ2v) is 2.85.